The molecular formula is C3H7O4PS. The van der Waals surface area contributed by atoms with Gasteiger partial charge in [-0.25, -0.2) is 0 Å². The van der Waals surface area contributed by atoms with E-state index in [0.717, 1.165) is 11.8 Å². The maximum atomic E-state index is 10.4. The Labute approximate surface area is 56.8 Å². The molecule has 2 N–H and O–H groups in total. The first kappa shape index (κ1) is 7.57. The SMILES string of the molecule is O=P(O)(O)C1OCCS1. The Morgan fingerprint density at radius 1 is 1.67 bits per heavy atom. The van der Waals surface area contributed by atoms with Crippen molar-refractivity contribution in [1.29, 1.82) is 0 Å². The molecule has 0 saturated carbocycles. The standard InChI is InChI=1S/C3H7O4PS/c4-8(5,6)3-7-1-2-9-3/h3H,1-2H2,(H2,4,5,6). The highest BCUT2D eigenvalue weighted by Crippen LogP contribution is 2.49. The Bertz CT molecular complexity index is 137. The van der Waals surface area contributed by atoms with Gasteiger partial charge in [-0.2, -0.15) is 0 Å². The fourth-order valence-electron chi connectivity index (χ4n) is 0.540. The molecule has 1 fully saturated rings. The van der Waals surface area contributed by atoms with Crippen LogP contribution in [0.3, 0.4) is 0 Å². The molecule has 1 rings (SSSR count). The summed E-state index contributed by atoms with van der Waals surface area (Å²) >= 11 is 1.16. The van der Waals surface area contributed by atoms with E-state index in [1.807, 2.05) is 0 Å². The highest BCUT2D eigenvalue weighted by Gasteiger charge is 2.33. The zero-order chi connectivity index (χ0) is 6.91. The first-order chi connectivity index (χ1) is 4.11. The van der Waals surface area contributed by atoms with E-state index in [-0.39, 0.29) is 0 Å². The highest BCUT2D eigenvalue weighted by atomic mass is 32.2. The van der Waals surface area contributed by atoms with Gasteiger partial charge in [-0.3, -0.25) is 4.57 Å². The molecule has 0 aromatic heterocycles. The molecule has 0 aliphatic carbocycles. The van der Waals surface area contributed by atoms with Gasteiger partial charge in [-0.15, -0.1) is 11.8 Å². The number of hydrogen-bond donors (Lipinski definition) is 2. The van der Waals surface area contributed by atoms with E-state index in [2.05, 4.69) is 0 Å². The number of hydrogen-bond acceptors (Lipinski definition) is 3. The van der Waals surface area contributed by atoms with Crippen molar-refractivity contribution in [2.75, 3.05) is 12.4 Å². The number of thioether (sulfide) groups is 1. The van der Waals surface area contributed by atoms with Gasteiger partial charge in [0.25, 0.3) is 0 Å². The molecule has 1 heterocycles. The van der Waals surface area contributed by atoms with E-state index in [0.29, 0.717) is 12.4 Å². The van der Waals surface area contributed by atoms with E-state index in [1.165, 1.54) is 0 Å². The van der Waals surface area contributed by atoms with Crippen molar-refractivity contribution in [2.24, 2.45) is 0 Å². The maximum Gasteiger partial charge on any atom is 0.364 e. The normalized spacial score (nSPS) is 28.9. The van der Waals surface area contributed by atoms with Gasteiger partial charge in [-0.1, -0.05) is 0 Å². The second kappa shape index (κ2) is 2.60. The summed E-state index contributed by atoms with van der Waals surface area (Å²) in [7, 11) is -3.97. The summed E-state index contributed by atoms with van der Waals surface area (Å²) in [6.07, 6.45) is 0. The third-order valence-corrected chi connectivity index (χ3v) is 3.67. The third kappa shape index (κ3) is 1.95. The molecule has 0 radical (unpaired) electrons. The van der Waals surface area contributed by atoms with Crippen LogP contribution in [0, 0.1) is 0 Å². The van der Waals surface area contributed by atoms with Crippen molar-refractivity contribution in [2.45, 2.75) is 5.18 Å². The quantitative estimate of drug-likeness (QED) is 0.550. The van der Waals surface area contributed by atoms with Gasteiger partial charge in [0.1, 0.15) is 0 Å². The van der Waals surface area contributed by atoms with Crippen LogP contribution in [-0.2, 0) is 9.30 Å². The van der Waals surface area contributed by atoms with Crippen LogP contribution in [0.5, 0.6) is 0 Å². The van der Waals surface area contributed by atoms with E-state index in [4.69, 9.17) is 14.5 Å². The van der Waals surface area contributed by atoms with Gasteiger partial charge in [0.15, 0.2) is 0 Å². The van der Waals surface area contributed by atoms with Crippen LogP contribution < -0.4 is 0 Å². The summed E-state index contributed by atoms with van der Waals surface area (Å²) < 4.78 is 15.1. The zero-order valence-corrected chi connectivity index (χ0v) is 6.27. The summed E-state index contributed by atoms with van der Waals surface area (Å²) in [6.45, 7) is 0.445. The molecule has 1 atom stereocenters. The highest BCUT2D eigenvalue weighted by molar-refractivity contribution is 8.05. The van der Waals surface area contributed by atoms with Crippen LogP contribution in [0.25, 0.3) is 0 Å². The molecule has 54 valence electrons. The molecule has 6 heteroatoms. The van der Waals surface area contributed by atoms with Crippen molar-refractivity contribution in [3.63, 3.8) is 0 Å². The molecule has 0 bridgehead atoms. The molecule has 0 spiro atoms. The molecule has 4 nitrogen and oxygen atoms in total. The molecule has 0 aromatic carbocycles. The maximum absolute atomic E-state index is 10.4. The van der Waals surface area contributed by atoms with E-state index < -0.39 is 12.8 Å². The fraction of sp³-hybridized carbons (Fsp3) is 1.00. The zero-order valence-electron chi connectivity index (χ0n) is 4.56. The monoisotopic (exact) mass is 170 g/mol. The van der Waals surface area contributed by atoms with Crippen LogP contribution in [0.15, 0.2) is 0 Å². The van der Waals surface area contributed by atoms with Crippen LogP contribution in [0.4, 0.5) is 0 Å². The first-order valence-electron chi connectivity index (χ1n) is 2.39. The minimum Gasteiger partial charge on any atom is -0.354 e. The number of rotatable bonds is 1. The van der Waals surface area contributed by atoms with Gasteiger partial charge in [0.05, 0.1) is 6.61 Å². The summed E-state index contributed by atoms with van der Waals surface area (Å²) in [5, 5.41) is -0.905. The predicted molar refractivity (Wildman–Crippen MR) is 34.2 cm³/mol. The lowest BCUT2D eigenvalue weighted by Crippen LogP contribution is -2.00. The average Bonchev–Trinajstić information content (AvgIpc) is 2.08. The lowest BCUT2D eigenvalue weighted by atomic mass is 10.9. The van der Waals surface area contributed by atoms with Gasteiger partial charge in [0, 0.05) is 5.75 Å². The molecular weight excluding hydrogens is 163 g/mol. The fourth-order valence-corrected chi connectivity index (χ4v) is 2.52. The molecule has 0 amide bonds. The lowest BCUT2D eigenvalue weighted by Gasteiger charge is -2.08. The minimum absolute atomic E-state index is 0.445. The van der Waals surface area contributed by atoms with E-state index in [9.17, 15) is 4.57 Å². The van der Waals surface area contributed by atoms with Crippen molar-refractivity contribution < 1.29 is 19.1 Å². The van der Waals surface area contributed by atoms with Gasteiger partial charge < -0.3 is 14.5 Å². The van der Waals surface area contributed by atoms with Crippen molar-refractivity contribution in [3.8, 4) is 0 Å². The van der Waals surface area contributed by atoms with Crippen molar-refractivity contribution >= 4 is 19.4 Å². The van der Waals surface area contributed by atoms with Crippen LogP contribution in [0.2, 0.25) is 0 Å². The number of ether oxygens (including phenoxy) is 1. The topological polar surface area (TPSA) is 66.8 Å². The first-order valence-corrected chi connectivity index (χ1v) is 5.12. The largest absolute Gasteiger partial charge is 0.364 e. The van der Waals surface area contributed by atoms with Crippen LogP contribution in [0.1, 0.15) is 0 Å². The Hall–Kier alpha value is 0.460. The molecule has 0 aromatic rings. The molecule has 9 heavy (non-hydrogen) atoms. The van der Waals surface area contributed by atoms with Crippen LogP contribution >= 0.6 is 19.4 Å². The van der Waals surface area contributed by atoms with E-state index in [1.54, 1.807) is 0 Å². The second-order valence-corrected chi connectivity index (χ2v) is 4.80. The minimum atomic E-state index is -3.97. The molecule has 1 aliphatic heterocycles. The van der Waals surface area contributed by atoms with E-state index >= 15 is 0 Å². The molecule has 1 aliphatic rings. The van der Waals surface area contributed by atoms with Crippen LogP contribution in [-0.4, -0.2) is 27.3 Å². The second-order valence-electron chi connectivity index (χ2n) is 1.64. The Morgan fingerprint density at radius 3 is 2.56 bits per heavy atom. The third-order valence-electron chi connectivity index (χ3n) is 0.879. The van der Waals surface area contributed by atoms with Crippen molar-refractivity contribution in [1.82, 2.24) is 0 Å². The van der Waals surface area contributed by atoms with Gasteiger partial charge >= 0.3 is 7.60 Å². The summed E-state index contributed by atoms with van der Waals surface area (Å²) in [6, 6.07) is 0. The Morgan fingerprint density at radius 2 is 2.33 bits per heavy atom. The lowest BCUT2D eigenvalue weighted by molar-refractivity contribution is 0.166. The predicted octanol–water partition coefficient (Wildman–Crippen LogP) is 0.211. The molecule has 1 unspecified atom stereocenters. The summed E-state index contributed by atoms with van der Waals surface area (Å²) in [5.74, 6) is 0.676. The van der Waals surface area contributed by atoms with Gasteiger partial charge in [0.2, 0.25) is 5.18 Å². The van der Waals surface area contributed by atoms with Crippen molar-refractivity contribution in [3.05, 3.63) is 0 Å². The average molecular weight is 170 g/mol. The molecule has 1 saturated heterocycles. The smallest absolute Gasteiger partial charge is 0.354 e. The summed E-state index contributed by atoms with van der Waals surface area (Å²) in [4.78, 5) is 17.0. The Kier molecular flexibility index (Phi) is 2.18. The summed E-state index contributed by atoms with van der Waals surface area (Å²) in [5.41, 5.74) is 0. The Balaban J connectivity index is 2.52. The van der Waals surface area contributed by atoms with Gasteiger partial charge in [-0.05, 0) is 0 Å².